The van der Waals surface area contributed by atoms with Crippen molar-refractivity contribution < 1.29 is 19.4 Å². The molecule has 0 spiro atoms. The second-order valence-corrected chi connectivity index (χ2v) is 5.49. The molecular formula is C16H22N2O4. The van der Waals surface area contributed by atoms with Crippen molar-refractivity contribution in [3.63, 3.8) is 0 Å². The molecule has 6 nitrogen and oxygen atoms in total. The maximum Gasteiger partial charge on any atom is 0.315 e. The summed E-state index contributed by atoms with van der Waals surface area (Å²) in [6.45, 7) is -0.174. The summed E-state index contributed by atoms with van der Waals surface area (Å²) >= 11 is 0. The molecular weight excluding hydrogens is 284 g/mol. The van der Waals surface area contributed by atoms with Gasteiger partial charge in [0.05, 0.1) is 25.7 Å². The van der Waals surface area contributed by atoms with Crippen molar-refractivity contribution in [3.8, 4) is 0 Å². The Morgan fingerprint density at radius 2 is 2.05 bits per heavy atom. The molecule has 2 amide bonds. The number of benzene rings is 1. The lowest BCUT2D eigenvalue weighted by Gasteiger charge is -2.19. The third kappa shape index (κ3) is 4.21. The second kappa shape index (κ2) is 7.79. The number of esters is 1. The van der Waals surface area contributed by atoms with Crippen LogP contribution in [0.3, 0.4) is 0 Å². The van der Waals surface area contributed by atoms with Crippen LogP contribution < -0.4 is 10.6 Å². The van der Waals surface area contributed by atoms with Gasteiger partial charge in [0.25, 0.3) is 0 Å². The summed E-state index contributed by atoms with van der Waals surface area (Å²) in [5.41, 5.74) is 0.846. The van der Waals surface area contributed by atoms with Crippen molar-refractivity contribution >= 4 is 12.0 Å². The zero-order valence-corrected chi connectivity index (χ0v) is 12.6. The first-order valence-electron chi connectivity index (χ1n) is 7.44. The molecule has 22 heavy (non-hydrogen) atoms. The van der Waals surface area contributed by atoms with Gasteiger partial charge in [0.15, 0.2) is 0 Å². The fraction of sp³-hybridized carbons (Fsp3) is 0.500. The minimum absolute atomic E-state index is 0.0424. The molecule has 6 heteroatoms. The van der Waals surface area contributed by atoms with E-state index in [9.17, 15) is 14.7 Å². The summed E-state index contributed by atoms with van der Waals surface area (Å²) in [5.74, 6) is -0.361. The number of aliphatic hydroxyl groups is 1. The highest BCUT2D eigenvalue weighted by Gasteiger charge is 2.31. The molecule has 0 saturated heterocycles. The van der Waals surface area contributed by atoms with E-state index in [1.54, 1.807) is 0 Å². The van der Waals surface area contributed by atoms with Crippen LogP contribution in [0.1, 0.15) is 30.9 Å². The monoisotopic (exact) mass is 306 g/mol. The summed E-state index contributed by atoms with van der Waals surface area (Å²) in [6.07, 6.45) is 2.07. The molecule has 0 aliphatic heterocycles. The standard InChI is InChI=1S/C16H22N2O4/c1-22-15(20)12-7-8-13(9-12)17-16(21)18-14(10-19)11-5-3-2-4-6-11/h2-6,12-14,19H,7-10H2,1H3,(H2,17,18,21)/t12-,13+,14+/m0/s1. The van der Waals surface area contributed by atoms with Crippen LogP contribution >= 0.6 is 0 Å². The first kappa shape index (κ1) is 16.3. The summed E-state index contributed by atoms with van der Waals surface area (Å²) < 4.78 is 4.73. The number of hydrogen-bond acceptors (Lipinski definition) is 4. The molecule has 0 heterocycles. The van der Waals surface area contributed by atoms with Crippen molar-refractivity contribution in [1.82, 2.24) is 10.6 Å². The van der Waals surface area contributed by atoms with Crippen LogP contribution in [0, 0.1) is 5.92 Å². The zero-order valence-electron chi connectivity index (χ0n) is 12.6. The van der Waals surface area contributed by atoms with Gasteiger partial charge >= 0.3 is 12.0 Å². The van der Waals surface area contributed by atoms with E-state index >= 15 is 0 Å². The van der Waals surface area contributed by atoms with Crippen LogP contribution in [0.25, 0.3) is 0 Å². The predicted octanol–water partition coefficient (Wildman–Crippen LogP) is 1.36. The Bertz CT molecular complexity index is 506. The Balaban J connectivity index is 1.84. The fourth-order valence-electron chi connectivity index (χ4n) is 2.80. The molecule has 1 aromatic carbocycles. The van der Waals surface area contributed by atoms with Crippen LogP contribution in [0.2, 0.25) is 0 Å². The highest BCUT2D eigenvalue weighted by Crippen LogP contribution is 2.26. The summed E-state index contributed by atoms with van der Waals surface area (Å²) in [6, 6.07) is 8.47. The van der Waals surface area contributed by atoms with Crippen LogP contribution in [0.15, 0.2) is 30.3 Å². The van der Waals surface area contributed by atoms with Gasteiger partial charge in [-0.25, -0.2) is 4.79 Å². The average Bonchev–Trinajstić information content (AvgIpc) is 3.01. The van der Waals surface area contributed by atoms with E-state index in [4.69, 9.17) is 4.74 Å². The molecule has 0 radical (unpaired) electrons. The highest BCUT2D eigenvalue weighted by atomic mass is 16.5. The lowest BCUT2D eigenvalue weighted by Crippen LogP contribution is -2.43. The van der Waals surface area contributed by atoms with Gasteiger partial charge in [0.2, 0.25) is 0 Å². The van der Waals surface area contributed by atoms with Crippen LogP contribution in [-0.4, -0.2) is 36.9 Å². The summed E-state index contributed by atoms with van der Waals surface area (Å²) in [5, 5.41) is 15.0. The predicted molar refractivity (Wildman–Crippen MR) is 81.1 cm³/mol. The van der Waals surface area contributed by atoms with Gasteiger partial charge in [0.1, 0.15) is 0 Å². The van der Waals surface area contributed by atoms with E-state index in [0.29, 0.717) is 6.42 Å². The second-order valence-electron chi connectivity index (χ2n) is 5.49. The number of hydrogen-bond donors (Lipinski definition) is 3. The number of nitrogens with one attached hydrogen (secondary N) is 2. The Morgan fingerprint density at radius 3 is 2.68 bits per heavy atom. The molecule has 1 saturated carbocycles. The van der Waals surface area contributed by atoms with Crippen molar-refractivity contribution in [1.29, 1.82) is 0 Å². The van der Waals surface area contributed by atoms with Gasteiger partial charge in [0, 0.05) is 6.04 Å². The molecule has 120 valence electrons. The van der Waals surface area contributed by atoms with E-state index < -0.39 is 6.04 Å². The molecule has 1 aliphatic carbocycles. The fourth-order valence-corrected chi connectivity index (χ4v) is 2.80. The molecule has 1 aromatic rings. The molecule has 0 unspecified atom stereocenters. The summed E-state index contributed by atoms with van der Waals surface area (Å²) in [4.78, 5) is 23.5. The number of urea groups is 1. The Hall–Kier alpha value is -2.08. The molecule has 3 atom stereocenters. The molecule has 1 aliphatic rings. The van der Waals surface area contributed by atoms with Crippen molar-refractivity contribution in [3.05, 3.63) is 35.9 Å². The molecule has 1 fully saturated rings. The third-order valence-electron chi connectivity index (χ3n) is 3.99. The van der Waals surface area contributed by atoms with Gasteiger partial charge in [-0.15, -0.1) is 0 Å². The van der Waals surface area contributed by atoms with E-state index in [0.717, 1.165) is 18.4 Å². The first-order chi connectivity index (χ1) is 10.6. The van der Waals surface area contributed by atoms with Crippen molar-refractivity contribution in [2.75, 3.05) is 13.7 Å². The smallest absolute Gasteiger partial charge is 0.315 e. The number of methoxy groups -OCH3 is 1. The van der Waals surface area contributed by atoms with Gasteiger partial charge in [-0.3, -0.25) is 4.79 Å². The Kier molecular flexibility index (Phi) is 5.77. The van der Waals surface area contributed by atoms with Gasteiger partial charge in [-0.05, 0) is 24.8 Å². The number of carbonyl (C=O) groups is 2. The van der Waals surface area contributed by atoms with E-state index in [-0.39, 0.29) is 30.6 Å². The first-order valence-corrected chi connectivity index (χ1v) is 7.44. The van der Waals surface area contributed by atoms with Crippen LogP contribution in [0.5, 0.6) is 0 Å². The number of carbonyl (C=O) groups excluding carboxylic acids is 2. The maximum absolute atomic E-state index is 12.0. The zero-order chi connectivity index (χ0) is 15.9. The molecule has 0 aromatic heterocycles. The van der Waals surface area contributed by atoms with Gasteiger partial charge in [-0.1, -0.05) is 30.3 Å². The minimum Gasteiger partial charge on any atom is -0.469 e. The van der Waals surface area contributed by atoms with E-state index in [1.807, 2.05) is 30.3 Å². The maximum atomic E-state index is 12.0. The number of amides is 2. The van der Waals surface area contributed by atoms with E-state index in [1.165, 1.54) is 7.11 Å². The Morgan fingerprint density at radius 1 is 1.32 bits per heavy atom. The largest absolute Gasteiger partial charge is 0.469 e. The average molecular weight is 306 g/mol. The number of aliphatic hydroxyl groups excluding tert-OH is 1. The lowest BCUT2D eigenvalue weighted by atomic mass is 10.1. The van der Waals surface area contributed by atoms with E-state index in [2.05, 4.69) is 10.6 Å². The summed E-state index contributed by atoms with van der Waals surface area (Å²) in [7, 11) is 1.38. The van der Waals surface area contributed by atoms with Crippen molar-refractivity contribution in [2.24, 2.45) is 5.92 Å². The molecule has 2 rings (SSSR count). The SMILES string of the molecule is COC(=O)[C@H]1CC[C@@H](NC(=O)N[C@H](CO)c2ccccc2)C1. The minimum atomic E-state index is -0.445. The molecule has 0 bridgehead atoms. The lowest BCUT2D eigenvalue weighted by molar-refractivity contribution is -0.145. The number of ether oxygens (including phenoxy) is 1. The normalized spacial score (nSPS) is 21.9. The number of rotatable bonds is 5. The molecule has 3 N–H and O–H groups in total. The highest BCUT2D eigenvalue weighted by molar-refractivity contribution is 5.76. The third-order valence-corrected chi connectivity index (χ3v) is 3.99. The van der Waals surface area contributed by atoms with Gasteiger partial charge < -0.3 is 20.5 Å². The topological polar surface area (TPSA) is 87.7 Å². The Labute approximate surface area is 129 Å². The van der Waals surface area contributed by atoms with Gasteiger partial charge in [-0.2, -0.15) is 0 Å². The van der Waals surface area contributed by atoms with Crippen LogP contribution in [-0.2, 0) is 9.53 Å². The quantitative estimate of drug-likeness (QED) is 0.717. The van der Waals surface area contributed by atoms with Crippen LogP contribution in [0.4, 0.5) is 4.79 Å². The van der Waals surface area contributed by atoms with Crippen molar-refractivity contribution in [2.45, 2.75) is 31.3 Å².